The minimum atomic E-state index is -1.17. The highest BCUT2D eigenvalue weighted by molar-refractivity contribution is 6.40. The molecular formula is C16H27BN2O2. The second-order valence-corrected chi connectivity index (χ2v) is 6.20. The summed E-state index contributed by atoms with van der Waals surface area (Å²) in [5, 5.41) is 17.6. The summed E-state index contributed by atoms with van der Waals surface area (Å²) in [4.78, 5) is 2.48. The van der Waals surface area contributed by atoms with Crippen LogP contribution in [0.1, 0.15) is 31.2 Å². The van der Waals surface area contributed by atoms with Crippen molar-refractivity contribution in [1.82, 2.24) is 4.90 Å². The Morgan fingerprint density at radius 1 is 1.24 bits per heavy atom. The molecule has 1 aliphatic rings. The van der Waals surface area contributed by atoms with E-state index in [4.69, 9.17) is 15.8 Å². The van der Waals surface area contributed by atoms with Gasteiger partial charge in [-0.15, -0.1) is 0 Å². The molecule has 1 saturated heterocycles. The van der Waals surface area contributed by atoms with Gasteiger partial charge in [-0.3, -0.25) is 4.90 Å². The molecule has 0 bridgehead atoms. The van der Waals surface area contributed by atoms with Crippen LogP contribution in [0.4, 0.5) is 0 Å². The van der Waals surface area contributed by atoms with Crippen LogP contribution in [0.3, 0.4) is 0 Å². The zero-order chi connectivity index (χ0) is 15.1. The van der Waals surface area contributed by atoms with Crippen molar-refractivity contribution in [3.8, 4) is 0 Å². The van der Waals surface area contributed by atoms with E-state index in [1.807, 2.05) is 0 Å². The summed E-state index contributed by atoms with van der Waals surface area (Å²) in [5.41, 5.74) is 7.66. The van der Waals surface area contributed by atoms with Gasteiger partial charge >= 0.3 is 7.12 Å². The SMILES string of the molecule is NC(CCCCB(O)O)[C@H]1CCN(Cc2ccccc2)C1. The molecule has 0 saturated carbocycles. The van der Waals surface area contributed by atoms with Gasteiger partial charge in [0.2, 0.25) is 0 Å². The maximum atomic E-state index is 8.82. The minimum Gasteiger partial charge on any atom is -0.427 e. The van der Waals surface area contributed by atoms with E-state index in [1.54, 1.807) is 0 Å². The zero-order valence-electron chi connectivity index (χ0n) is 12.7. The van der Waals surface area contributed by atoms with Crippen LogP contribution in [0.2, 0.25) is 6.32 Å². The molecule has 1 aromatic rings. The highest BCUT2D eigenvalue weighted by Gasteiger charge is 2.27. The Kier molecular flexibility index (Phi) is 6.71. The molecule has 2 rings (SSSR count). The molecule has 1 aliphatic heterocycles. The zero-order valence-corrected chi connectivity index (χ0v) is 12.7. The van der Waals surface area contributed by atoms with E-state index >= 15 is 0 Å². The van der Waals surface area contributed by atoms with Gasteiger partial charge in [0.15, 0.2) is 0 Å². The molecule has 0 radical (unpaired) electrons. The van der Waals surface area contributed by atoms with E-state index in [0.717, 1.165) is 38.9 Å². The number of rotatable bonds is 8. The van der Waals surface area contributed by atoms with Crippen molar-refractivity contribution in [1.29, 1.82) is 0 Å². The number of benzene rings is 1. The van der Waals surface area contributed by atoms with Gasteiger partial charge < -0.3 is 15.8 Å². The summed E-state index contributed by atoms with van der Waals surface area (Å²) < 4.78 is 0. The number of unbranched alkanes of at least 4 members (excludes halogenated alkanes) is 1. The average molecular weight is 290 g/mol. The fourth-order valence-electron chi connectivity index (χ4n) is 3.14. The van der Waals surface area contributed by atoms with Crippen LogP contribution in [0.15, 0.2) is 30.3 Å². The normalized spacial score (nSPS) is 20.6. The van der Waals surface area contributed by atoms with Gasteiger partial charge in [-0.05, 0) is 37.2 Å². The van der Waals surface area contributed by atoms with Crippen molar-refractivity contribution in [2.45, 2.75) is 44.6 Å². The van der Waals surface area contributed by atoms with E-state index in [0.29, 0.717) is 12.2 Å². The second-order valence-electron chi connectivity index (χ2n) is 6.20. The molecule has 0 spiro atoms. The van der Waals surface area contributed by atoms with Gasteiger partial charge in [0, 0.05) is 19.1 Å². The van der Waals surface area contributed by atoms with Crippen molar-refractivity contribution in [2.75, 3.05) is 13.1 Å². The number of nitrogens with zero attached hydrogens (tertiary/aromatic N) is 1. The Bertz CT molecular complexity index is 403. The van der Waals surface area contributed by atoms with Gasteiger partial charge in [-0.25, -0.2) is 0 Å². The largest absolute Gasteiger partial charge is 0.451 e. The lowest BCUT2D eigenvalue weighted by Gasteiger charge is -2.20. The third-order valence-electron chi connectivity index (χ3n) is 4.41. The summed E-state index contributed by atoms with van der Waals surface area (Å²) >= 11 is 0. The van der Waals surface area contributed by atoms with Gasteiger partial charge in [0.25, 0.3) is 0 Å². The van der Waals surface area contributed by atoms with E-state index in [1.165, 1.54) is 12.0 Å². The lowest BCUT2D eigenvalue weighted by atomic mass is 9.82. The summed E-state index contributed by atoms with van der Waals surface area (Å²) in [6, 6.07) is 10.8. The Labute approximate surface area is 128 Å². The van der Waals surface area contributed by atoms with Crippen molar-refractivity contribution in [3.05, 3.63) is 35.9 Å². The number of likely N-dealkylation sites (tertiary alicyclic amines) is 1. The predicted octanol–water partition coefficient (Wildman–Crippen LogP) is 1.48. The van der Waals surface area contributed by atoms with Crippen LogP contribution < -0.4 is 5.73 Å². The predicted molar refractivity (Wildman–Crippen MR) is 86.7 cm³/mol. The van der Waals surface area contributed by atoms with Crippen LogP contribution in [0, 0.1) is 5.92 Å². The Hall–Kier alpha value is -0.875. The van der Waals surface area contributed by atoms with E-state index < -0.39 is 7.12 Å². The van der Waals surface area contributed by atoms with E-state index in [2.05, 4.69) is 35.2 Å². The summed E-state index contributed by atoms with van der Waals surface area (Å²) in [6.45, 7) is 3.22. The average Bonchev–Trinajstić information content (AvgIpc) is 2.93. The summed E-state index contributed by atoms with van der Waals surface area (Å²) in [6.07, 6.45) is 4.44. The lowest BCUT2D eigenvalue weighted by Crippen LogP contribution is -2.32. The van der Waals surface area contributed by atoms with E-state index in [-0.39, 0.29) is 6.04 Å². The van der Waals surface area contributed by atoms with Crippen LogP contribution in [0.5, 0.6) is 0 Å². The van der Waals surface area contributed by atoms with Crippen molar-refractivity contribution in [3.63, 3.8) is 0 Å². The fraction of sp³-hybridized carbons (Fsp3) is 0.625. The number of nitrogens with two attached hydrogens (primary N) is 1. The smallest absolute Gasteiger partial charge is 0.427 e. The van der Waals surface area contributed by atoms with Crippen LogP contribution >= 0.6 is 0 Å². The Morgan fingerprint density at radius 2 is 2.00 bits per heavy atom. The molecule has 5 heteroatoms. The maximum Gasteiger partial charge on any atom is 0.451 e. The topological polar surface area (TPSA) is 69.7 Å². The first-order chi connectivity index (χ1) is 10.1. The van der Waals surface area contributed by atoms with Crippen LogP contribution in [-0.2, 0) is 6.54 Å². The first kappa shape index (κ1) is 16.5. The second kappa shape index (κ2) is 8.54. The lowest BCUT2D eigenvalue weighted by molar-refractivity contribution is 0.301. The third kappa shape index (κ3) is 5.79. The summed E-state index contributed by atoms with van der Waals surface area (Å²) in [7, 11) is -1.17. The van der Waals surface area contributed by atoms with Gasteiger partial charge in [-0.1, -0.05) is 43.2 Å². The molecule has 116 valence electrons. The highest BCUT2D eigenvalue weighted by atomic mass is 16.4. The molecule has 1 aromatic carbocycles. The maximum absolute atomic E-state index is 8.82. The van der Waals surface area contributed by atoms with Crippen molar-refractivity contribution < 1.29 is 10.0 Å². The van der Waals surface area contributed by atoms with Gasteiger partial charge in [0.05, 0.1) is 0 Å². The molecule has 1 heterocycles. The standard InChI is InChI=1S/C16H27BN2O2/c18-16(8-4-5-10-17(20)21)15-9-11-19(13-15)12-14-6-2-1-3-7-14/h1-3,6-7,15-16,20-21H,4-5,8-13,18H2/t15-,16?/m0/s1. The number of hydrogen-bond acceptors (Lipinski definition) is 4. The van der Waals surface area contributed by atoms with Crippen molar-refractivity contribution in [2.24, 2.45) is 11.7 Å². The highest BCUT2D eigenvalue weighted by Crippen LogP contribution is 2.23. The first-order valence-electron chi connectivity index (χ1n) is 8.03. The Morgan fingerprint density at radius 3 is 2.71 bits per heavy atom. The third-order valence-corrected chi connectivity index (χ3v) is 4.41. The minimum absolute atomic E-state index is 0.238. The molecule has 4 nitrogen and oxygen atoms in total. The monoisotopic (exact) mass is 290 g/mol. The van der Waals surface area contributed by atoms with Crippen LogP contribution in [-0.4, -0.2) is 41.2 Å². The molecule has 21 heavy (non-hydrogen) atoms. The molecule has 4 N–H and O–H groups in total. The molecule has 1 unspecified atom stereocenters. The van der Waals surface area contributed by atoms with Crippen LogP contribution in [0.25, 0.3) is 0 Å². The fourth-order valence-corrected chi connectivity index (χ4v) is 3.14. The number of hydrogen-bond donors (Lipinski definition) is 3. The quantitative estimate of drug-likeness (QED) is 0.501. The van der Waals surface area contributed by atoms with Gasteiger partial charge in [-0.2, -0.15) is 0 Å². The van der Waals surface area contributed by atoms with Crippen molar-refractivity contribution >= 4 is 7.12 Å². The first-order valence-corrected chi connectivity index (χ1v) is 8.03. The molecular weight excluding hydrogens is 263 g/mol. The molecule has 0 aromatic heterocycles. The Balaban J connectivity index is 1.67. The molecule has 1 fully saturated rings. The van der Waals surface area contributed by atoms with E-state index in [9.17, 15) is 0 Å². The van der Waals surface area contributed by atoms with Gasteiger partial charge in [0.1, 0.15) is 0 Å². The molecule has 2 atom stereocenters. The molecule has 0 aliphatic carbocycles. The molecule has 0 amide bonds. The summed E-state index contributed by atoms with van der Waals surface area (Å²) in [5.74, 6) is 0.577.